The molecule has 1 aliphatic heterocycles. The minimum Gasteiger partial charge on any atom is -0.306 e. The van der Waals surface area contributed by atoms with E-state index in [0.717, 1.165) is 17.4 Å². The maximum atomic E-state index is 13.7. The van der Waals surface area contributed by atoms with Crippen molar-refractivity contribution in [1.82, 2.24) is 9.78 Å². The molecule has 10 heteroatoms. The second-order valence-corrected chi connectivity index (χ2v) is 10.7. The molecule has 2 heterocycles. The number of hydrogen-bond donors (Lipinski definition) is 1. The molecule has 0 saturated carbocycles. The number of amides is 2. The van der Waals surface area contributed by atoms with Gasteiger partial charge in [-0.3, -0.25) is 14.5 Å². The van der Waals surface area contributed by atoms with E-state index in [2.05, 4.69) is 10.4 Å². The van der Waals surface area contributed by atoms with Crippen LogP contribution in [0.2, 0.25) is 10.0 Å². The second-order valence-electron chi connectivity index (χ2n) is 8.70. The van der Waals surface area contributed by atoms with Crippen molar-refractivity contribution >= 4 is 58.3 Å². The largest absolute Gasteiger partial charge is 0.306 e. The van der Waals surface area contributed by atoms with Gasteiger partial charge in [-0.15, -0.1) is 0 Å². The lowest BCUT2D eigenvalue weighted by atomic mass is 10.1. The molecule has 2 amide bonds. The van der Waals surface area contributed by atoms with Gasteiger partial charge in [0.1, 0.15) is 22.5 Å². The lowest BCUT2D eigenvalue weighted by Crippen LogP contribution is -2.31. The Morgan fingerprint density at radius 3 is 2.36 bits per heavy atom. The zero-order valence-electron chi connectivity index (χ0n) is 20.6. The maximum absolute atomic E-state index is 13.7. The summed E-state index contributed by atoms with van der Waals surface area (Å²) in [4.78, 5) is 28.7. The minimum absolute atomic E-state index is 0.185. The SMILES string of the molecule is Cc1cc(NC(=O)/C(C#N)=C2/S[C@@H](Cc3cccc(Cl)c3Cl)C(=O)N2c2ccccc2)n(-c2ccccc2)n1. The number of thioether (sulfide) groups is 1. The molecule has 1 aromatic heterocycles. The number of nitrogens with zero attached hydrogens (tertiary/aromatic N) is 4. The van der Waals surface area contributed by atoms with Gasteiger partial charge in [-0.2, -0.15) is 10.4 Å². The molecule has 4 aromatic rings. The van der Waals surface area contributed by atoms with Crippen LogP contribution in [0.3, 0.4) is 0 Å². The molecular formula is C29H21Cl2N5O2S. The van der Waals surface area contributed by atoms with Gasteiger partial charge >= 0.3 is 0 Å². The molecular weight excluding hydrogens is 553 g/mol. The lowest BCUT2D eigenvalue weighted by molar-refractivity contribution is -0.117. The van der Waals surface area contributed by atoms with Crippen LogP contribution in [0.4, 0.5) is 11.5 Å². The Bertz CT molecular complexity index is 1630. The van der Waals surface area contributed by atoms with E-state index in [4.69, 9.17) is 23.2 Å². The number of halogens is 2. The molecule has 1 saturated heterocycles. The normalized spacial score (nSPS) is 16.2. The zero-order chi connectivity index (χ0) is 27.5. The summed E-state index contributed by atoms with van der Waals surface area (Å²) >= 11 is 13.8. The Morgan fingerprint density at radius 2 is 1.69 bits per heavy atom. The van der Waals surface area contributed by atoms with Gasteiger partial charge in [-0.05, 0) is 49.2 Å². The van der Waals surface area contributed by atoms with E-state index in [-0.39, 0.29) is 22.9 Å². The molecule has 194 valence electrons. The molecule has 1 atom stereocenters. The van der Waals surface area contributed by atoms with Crippen molar-refractivity contribution in [3.05, 3.63) is 117 Å². The van der Waals surface area contributed by atoms with Gasteiger partial charge in [0.05, 0.1) is 26.7 Å². The van der Waals surface area contributed by atoms with Crippen LogP contribution < -0.4 is 10.2 Å². The number of carbonyl (C=O) groups excluding carboxylic acids is 2. The van der Waals surface area contributed by atoms with Crippen LogP contribution in [0.25, 0.3) is 5.69 Å². The highest BCUT2D eigenvalue weighted by Gasteiger charge is 2.41. The van der Waals surface area contributed by atoms with Crippen molar-refractivity contribution in [2.45, 2.75) is 18.6 Å². The Hall–Kier alpha value is -4.03. The highest BCUT2D eigenvalue weighted by Crippen LogP contribution is 2.43. The quantitative estimate of drug-likeness (QED) is 0.208. The number of nitriles is 1. The van der Waals surface area contributed by atoms with Gasteiger partial charge in [0.25, 0.3) is 5.91 Å². The average molecular weight is 574 g/mol. The van der Waals surface area contributed by atoms with Crippen LogP contribution in [0, 0.1) is 18.3 Å². The van der Waals surface area contributed by atoms with E-state index in [1.807, 2.05) is 55.5 Å². The van der Waals surface area contributed by atoms with Gasteiger partial charge in [0.2, 0.25) is 5.91 Å². The molecule has 0 radical (unpaired) electrons. The van der Waals surface area contributed by atoms with Gasteiger partial charge in [0, 0.05) is 11.8 Å². The monoisotopic (exact) mass is 573 g/mol. The van der Waals surface area contributed by atoms with E-state index >= 15 is 0 Å². The van der Waals surface area contributed by atoms with Crippen LogP contribution >= 0.6 is 35.0 Å². The number of rotatable bonds is 6. The third-order valence-electron chi connectivity index (χ3n) is 6.03. The Kier molecular flexibility index (Phi) is 7.75. The number of nitrogens with one attached hydrogen (secondary N) is 1. The van der Waals surface area contributed by atoms with Crippen molar-refractivity contribution in [3.63, 3.8) is 0 Å². The fourth-order valence-corrected chi connectivity index (χ4v) is 5.93. The molecule has 0 spiro atoms. The molecule has 1 fully saturated rings. The highest BCUT2D eigenvalue weighted by atomic mass is 35.5. The standard InChI is InChI=1S/C29H21Cl2N5O2S/c1-18-15-25(36(34-18)21-12-6-3-7-13-21)33-27(37)22(17-32)29-35(20-10-4-2-5-11-20)28(38)24(39-29)16-19-9-8-14-23(30)26(19)31/h2-15,24H,16H2,1H3,(H,33,37)/b29-22+/t24-/m0/s1. The van der Waals surface area contributed by atoms with Crippen molar-refractivity contribution in [1.29, 1.82) is 5.26 Å². The first-order chi connectivity index (χ1) is 18.9. The summed E-state index contributed by atoms with van der Waals surface area (Å²) in [6, 6.07) is 27.3. The first-order valence-electron chi connectivity index (χ1n) is 11.9. The molecule has 1 aliphatic rings. The van der Waals surface area contributed by atoms with Crippen LogP contribution in [0.5, 0.6) is 0 Å². The summed E-state index contributed by atoms with van der Waals surface area (Å²) in [6.07, 6.45) is 0.274. The van der Waals surface area contributed by atoms with Crippen molar-refractivity contribution in [2.24, 2.45) is 0 Å². The van der Waals surface area contributed by atoms with Crippen LogP contribution in [-0.4, -0.2) is 26.8 Å². The Morgan fingerprint density at radius 1 is 1.03 bits per heavy atom. The van der Waals surface area contributed by atoms with Gasteiger partial charge < -0.3 is 5.32 Å². The van der Waals surface area contributed by atoms with Crippen LogP contribution in [-0.2, 0) is 16.0 Å². The number of hydrogen-bond acceptors (Lipinski definition) is 5. The Labute approximate surface area is 239 Å². The number of para-hydroxylation sites is 2. The predicted octanol–water partition coefficient (Wildman–Crippen LogP) is 6.55. The smallest absolute Gasteiger partial charge is 0.270 e. The topological polar surface area (TPSA) is 91.0 Å². The summed E-state index contributed by atoms with van der Waals surface area (Å²) in [5, 5.41) is 17.8. The molecule has 0 aliphatic carbocycles. The number of aryl methyl sites for hydroxylation is 1. The first kappa shape index (κ1) is 26.6. The zero-order valence-corrected chi connectivity index (χ0v) is 23.0. The molecule has 1 N–H and O–H groups in total. The highest BCUT2D eigenvalue weighted by molar-refractivity contribution is 8.05. The fourth-order valence-electron chi connectivity index (χ4n) is 4.24. The Balaban J connectivity index is 1.53. The van der Waals surface area contributed by atoms with E-state index in [1.165, 1.54) is 4.90 Å². The second kappa shape index (κ2) is 11.4. The molecule has 7 nitrogen and oxygen atoms in total. The summed E-state index contributed by atoms with van der Waals surface area (Å²) in [6.45, 7) is 1.81. The third kappa shape index (κ3) is 5.43. The molecule has 5 rings (SSSR count). The summed E-state index contributed by atoms with van der Waals surface area (Å²) < 4.78 is 1.60. The molecule has 0 unspecified atom stereocenters. The van der Waals surface area contributed by atoms with Crippen molar-refractivity contribution < 1.29 is 9.59 Å². The fraction of sp³-hybridized carbons (Fsp3) is 0.103. The van der Waals surface area contributed by atoms with E-state index in [1.54, 1.807) is 47.1 Å². The first-order valence-corrected chi connectivity index (χ1v) is 13.6. The summed E-state index contributed by atoms with van der Waals surface area (Å²) in [5.74, 6) is -0.505. The molecule has 39 heavy (non-hydrogen) atoms. The van der Waals surface area contributed by atoms with E-state index in [9.17, 15) is 14.9 Å². The van der Waals surface area contributed by atoms with Gasteiger partial charge in [-0.25, -0.2) is 4.68 Å². The number of carbonyl (C=O) groups is 2. The third-order valence-corrected chi connectivity index (χ3v) is 8.15. The number of anilines is 2. The molecule has 0 bridgehead atoms. The number of aromatic nitrogens is 2. The predicted molar refractivity (Wildman–Crippen MR) is 155 cm³/mol. The van der Waals surface area contributed by atoms with Crippen LogP contribution in [0.15, 0.2) is 95.5 Å². The van der Waals surface area contributed by atoms with E-state index in [0.29, 0.717) is 32.8 Å². The molecule has 3 aromatic carbocycles. The number of benzene rings is 3. The van der Waals surface area contributed by atoms with Gasteiger partial charge in [-0.1, -0.05) is 83.5 Å². The lowest BCUT2D eigenvalue weighted by Gasteiger charge is -2.18. The van der Waals surface area contributed by atoms with Crippen LogP contribution in [0.1, 0.15) is 11.3 Å². The average Bonchev–Trinajstić information content (AvgIpc) is 3.46. The summed E-state index contributed by atoms with van der Waals surface area (Å²) in [7, 11) is 0. The van der Waals surface area contributed by atoms with Crippen molar-refractivity contribution in [3.8, 4) is 11.8 Å². The van der Waals surface area contributed by atoms with Crippen molar-refractivity contribution in [2.75, 3.05) is 10.2 Å². The summed E-state index contributed by atoms with van der Waals surface area (Å²) in [5.41, 5.74) is 2.51. The minimum atomic E-state index is -0.646. The van der Waals surface area contributed by atoms with E-state index < -0.39 is 11.2 Å². The van der Waals surface area contributed by atoms with Gasteiger partial charge in [0.15, 0.2) is 0 Å². The maximum Gasteiger partial charge on any atom is 0.270 e.